The summed E-state index contributed by atoms with van der Waals surface area (Å²) < 4.78 is 0. The van der Waals surface area contributed by atoms with Crippen LogP contribution in [0, 0.1) is 11.3 Å². The molecule has 0 nitrogen and oxygen atoms in total. The van der Waals surface area contributed by atoms with Gasteiger partial charge in [0.15, 0.2) is 0 Å². The van der Waals surface area contributed by atoms with E-state index in [0.717, 1.165) is 5.92 Å². The summed E-state index contributed by atoms with van der Waals surface area (Å²) in [5.74, 6) is 0.969. The Morgan fingerprint density at radius 3 is 1.21 bits per heavy atom. The molecule has 1 heteroatoms. The van der Waals surface area contributed by atoms with Crippen molar-refractivity contribution < 1.29 is 0 Å². The van der Waals surface area contributed by atoms with E-state index in [1.807, 2.05) is 0 Å². The van der Waals surface area contributed by atoms with Crippen LogP contribution < -0.4 is 0 Å². The van der Waals surface area contributed by atoms with Crippen LogP contribution in [0.4, 0.5) is 0 Å². The summed E-state index contributed by atoms with van der Waals surface area (Å²) in [6.45, 7) is 9.64. The van der Waals surface area contributed by atoms with Crippen LogP contribution in [-0.2, 0) is 0 Å². The number of hydrogen-bond acceptors (Lipinski definition) is 0. The lowest BCUT2D eigenvalue weighted by Gasteiger charge is -2.34. The van der Waals surface area contributed by atoms with Gasteiger partial charge < -0.3 is 0 Å². The second-order valence-electron chi connectivity index (χ2n) is 10.7. The van der Waals surface area contributed by atoms with Gasteiger partial charge in [0.2, 0.25) is 0 Å². The van der Waals surface area contributed by atoms with Crippen LogP contribution in [0.1, 0.15) is 163 Å². The topological polar surface area (TPSA) is 0 Å². The van der Waals surface area contributed by atoms with E-state index in [1.54, 1.807) is 0 Å². The molecule has 0 heterocycles. The Morgan fingerprint density at radius 1 is 0.621 bits per heavy atom. The fourth-order valence-corrected chi connectivity index (χ4v) is 6.36. The molecule has 1 aliphatic rings. The zero-order valence-corrected chi connectivity index (χ0v) is 22.2. The van der Waals surface area contributed by atoms with Gasteiger partial charge in [0.1, 0.15) is 0 Å². The molecule has 0 amide bonds. The Bertz CT molecular complexity index is 369. The van der Waals surface area contributed by atoms with E-state index in [0.29, 0.717) is 10.6 Å². The molecule has 0 spiro atoms. The second-order valence-corrected chi connectivity index (χ2v) is 12.1. The molecule has 0 aromatic carbocycles. The molecule has 0 aromatic rings. The third-order valence-electron chi connectivity index (χ3n) is 8.21. The average Bonchev–Trinajstić information content (AvgIpc) is 3.36. The maximum Gasteiger partial charge on any atom is -0.0141 e. The Balaban J connectivity index is 1.85. The highest BCUT2D eigenvalue weighted by molar-refractivity contribution is 7.19. The van der Waals surface area contributed by atoms with Crippen molar-refractivity contribution in [3.05, 3.63) is 0 Å². The average molecular weight is 425 g/mol. The molecule has 1 saturated carbocycles. The monoisotopic (exact) mass is 424 g/mol. The van der Waals surface area contributed by atoms with Crippen molar-refractivity contribution >= 4 is 9.24 Å². The highest BCUT2D eigenvalue weighted by atomic mass is 31.0. The fraction of sp³-hybridized carbons (Fsp3) is 1.00. The van der Waals surface area contributed by atoms with Gasteiger partial charge in [-0.25, -0.2) is 0 Å². The normalized spacial score (nSPS) is 21.6. The first-order chi connectivity index (χ1) is 14.0. The van der Waals surface area contributed by atoms with Crippen molar-refractivity contribution in [2.75, 3.05) is 0 Å². The second kappa shape index (κ2) is 16.1. The van der Waals surface area contributed by atoms with Gasteiger partial charge in [-0.3, -0.25) is 0 Å². The van der Waals surface area contributed by atoms with Gasteiger partial charge in [-0.1, -0.05) is 150 Å². The van der Waals surface area contributed by atoms with Gasteiger partial charge >= 0.3 is 0 Å². The summed E-state index contributed by atoms with van der Waals surface area (Å²) >= 11 is 0. The van der Waals surface area contributed by atoms with E-state index in [2.05, 4.69) is 36.9 Å². The predicted molar refractivity (Wildman–Crippen MR) is 138 cm³/mol. The van der Waals surface area contributed by atoms with Gasteiger partial charge in [-0.2, -0.15) is 0 Å². The van der Waals surface area contributed by atoms with Crippen molar-refractivity contribution in [3.8, 4) is 0 Å². The molecule has 1 rings (SSSR count). The van der Waals surface area contributed by atoms with Crippen LogP contribution in [0.5, 0.6) is 0 Å². The lowest BCUT2D eigenvalue weighted by Crippen LogP contribution is -2.25. The molecule has 0 aromatic heterocycles. The molecular formula is C28H57P. The highest BCUT2D eigenvalue weighted by Crippen LogP contribution is 2.63. The Labute approximate surface area is 188 Å². The van der Waals surface area contributed by atoms with Crippen molar-refractivity contribution in [2.24, 2.45) is 11.3 Å². The third kappa shape index (κ3) is 11.6. The van der Waals surface area contributed by atoms with Crippen molar-refractivity contribution in [1.29, 1.82) is 0 Å². The Kier molecular flexibility index (Phi) is 15.3. The Morgan fingerprint density at radius 2 is 0.931 bits per heavy atom. The molecule has 0 bridgehead atoms. The molecular weight excluding hydrogens is 367 g/mol. The van der Waals surface area contributed by atoms with E-state index >= 15 is 0 Å². The summed E-state index contributed by atoms with van der Waals surface area (Å²) in [7, 11) is 3.15. The van der Waals surface area contributed by atoms with Crippen LogP contribution in [-0.4, -0.2) is 5.16 Å². The van der Waals surface area contributed by atoms with E-state index in [-0.39, 0.29) is 0 Å². The lowest BCUT2D eigenvalue weighted by atomic mass is 9.72. The predicted octanol–water partition coefficient (Wildman–Crippen LogP) is 10.5. The maximum atomic E-state index is 3.15. The van der Waals surface area contributed by atoms with E-state index in [4.69, 9.17) is 0 Å². The zero-order valence-electron chi connectivity index (χ0n) is 21.0. The first-order valence-electron chi connectivity index (χ1n) is 13.8. The summed E-state index contributed by atoms with van der Waals surface area (Å²) in [4.78, 5) is 0. The largest absolute Gasteiger partial charge is 0.131 e. The fourth-order valence-electron chi connectivity index (χ4n) is 5.77. The van der Waals surface area contributed by atoms with E-state index in [9.17, 15) is 0 Å². The summed E-state index contributed by atoms with van der Waals surface area (Å²) in [6.07, 6.45) is 30.7. The molecule has 0 radical (unpaired) electrons. The molecule has 0 aliphatic heterocycles. The first kappa shape index (κ1) is 27.5. The maximum absolute atomic E-state index is 3.15. The van der Waals surface area contributed by atoms with Crippen molar-refractivity contribution in [3.63, 3.8) is 0 Å². The molecule has 3 unspecified atom stereocenters. The highest BCUT2D eigenvalue weighted by Gasteiger charge is 2.55. The number of rotatable bonds is 21. The van der Waals surface area contributed by atoms with E-state index < -0.39 is 0 Å². The minimum Gasteiger partial charge on any atom is -0.131 e. The van der Waals surface area contributed by atoms with Crippen LogP contribution in [0.15, 0.2) is 0 Å². The molecule has 3 atom stereocenters. The van der Waals surface area contributed by atoms with Crippen molar-refractivity contribution in [1.82, 2.24) is 0 Å². The minimum absolute atomic E-state index is 0.556. The van der Waals surface area contributed by atoms with Gasteiger partial charge in [0, 0.05) is 0 Å². The quantitative estimate of drug-likeness (QED) is 0.127. The summed E-state index contributed by atoms with van der Waals surface area (Å²) in [5.41, 5.74) is 0.645. The van der Waals surface area contributed by atoms with Crippen LogP contribution in [0.3, 0.4) is 0 Å². The third-order valence-corrected chi connectivity index (χ3v) is 8.84. The van der Waals surface area contributed by atoms with E-state index in [1.165, 1.54) is 135 Å². The SMILES string of the molecule is CCCCCCCCCCCCCCCCCCCC(CC)(CC)C1CC1(C)P. The van der Waals surface area contributed by atoms with Crippen LogP contribution in [0.25, 0.3) is 0 Å². The number of unbranched alkanes of at least 4 members (excludes halogenated alkanes) is 16. The van der Waals surface area contributed by atoms with Crippen molar-refractivity contribution in [2.45, 2.75) is 168 Å². The Hall–Kier alpha value is 0.430. The zero-order chi connectivity index (χ0) is 21.4. The van der Waals surface area contributed by atoms with Gasteiger partial charge in [0.05, 0.1) is 0 Å². The van der Waals surface area contributed by atoms with Gasteiger partial charge in [0.25, 0.3) is 0 Å². The molecule has 174 valence electrons. The summed E-state index contributed by atoms with van der Waals surface area (Å²) in [5, 5.41) is 0.556. The molecule has 0 N–H and O–H groups in total. The molecule has 1 fully saturated rings. The molecule has 1 aliphatic carbocycles. The summed E-state index contributed by atoms with van der Waals surface area (Å²) in [6, 6.07) is 0. The first-order valence-corrected chi connectivity index (χ1v) is 14.4. The minimum atomic E-state index is 0.556. The van der Waals surface area contributed by atoms with Crippen LogP contribution >= 0.6 is 9.24 Å². The van der Waals surface area contributed by atoms with Gasteiger partial charge in [-0.05, 0) is 29.3 Å². The lowest BCUT2D eigenvalue weighted by molar-refractivity contribution is 0.183. The number of hydrogen-bond donors (Lipinski definition) is 0. The van der Waals surface area contributed by atoms with Crippen LogP contribution in [0.2, 0.25) is 0 Å². The van der Waals surface area contributed by atoms with Gasteiger partial charge in [-0.15, -0.1) is 9.24 Å². The molecule has 29 heavy (non-hydrogen) atoms. The smallest absolute Gasteiger partial charge is 0.0141 e. The standard InChI is InChI=1S/C28H57P/c1-5-8-9-10-11-12-13-14-15-16-17-18-19-20-21-22-23-24-28(6-2,7-3)26-25-27(26,4)29/h26H,5-25,29H2,1-4H3. The molecule has 0 saturated heterocycles.